The summed E-state index contributed by atoms with van der Waals surface area (Å²) < 4.78 is 0. The summed E-state index contributed by atoms with van der Waals surface area (Å²) in [6.07, 6.45) is 0. The fraction of sp³-hybridized carbons (Fsp3) is 0.149. The van der Waals surface area contributed by atoms with Crippen LogP contribution in [0, 0.1) is 0 Å². The SMILES string of the molecule is CC1(C)c2ccccc2C(c2ccc(-c3nc(-c4ccc(N5c6ccccc6C(C)(C)c6ccccc65)cc4)nc(-c4ccc(N5c6ccccc6C(C)(C)c6ccccc65)cc4)n3)cc2)c2ccccc21. The second kappa shape index (κ2) is 16.3. The molecular formula is C67H55N5. The maximum Gasteiger partial charge on any atom is 0.164 e. The van der Waals surface area contributed by atoms with Gasteiger partial charge in [-0.2, -0.15) is 0 Å². The molecule has 348 valence electrons. The maximum absolute atomic E-state index is 5.28. The molecule has 0 N–H and O–H groups in total. The fourth-order valence-corrected chi connectivity index (χ4v) is 12.3. The van der Waals surface area contributed by atoms with Crippen molar-refractivity contribution in [1.82, 2.24) is 15.0 Å². The van der Waals surface area contributed by atoms with Gasteiger partial charge in [-0.1, -0.05) is 187 Å². The van der Waals surface area contributed by atoms with Gasteiger partial charge in [0.15, 0.2) is 17.5 Å². The number of benzene rings is 9. The van der Waals surface area contributed by atoms with E-state index in [1.165, 1.54) is 72.8 Å². The van der Waals surface area contributed by atoms with E-state index in [1.807, 2.05) is 0 Å². The molecule has 1 aliphatic carbocycles. The lowest BCUT2D eigenvalue weighted by Crippen LogP contribution is -2.30. The molecule has 0 fully saturated rings. The number of para-hydroxylation sites is 4. The molecule has 2 aliphatic heterocycles. The van der Waals surface area contributed by atoms with E-state index in [0.29, 0.717) is 17.5 Å². The first-order valence-electron chi connectivity index (χ1n) is 25.2. The first kappa shape index (κ1) is 43.6. The molecule has 0 atom stereocenters. The molecule has 0 radical (unpaired) electrons. The zero-order valence-corrected chi connectivity index (χ0v) is 41.6. The average Bonchev–Trinajstić information content (AvgIpc) is 3.42. The number of nitrogens with zero attached hydrogens (tertiary/aromatic N) is 5. The predicted octanol–water partition coefficient (Wildman–Crippen LogP) is 16.9. The number of anilines is 6. The first-order chi connectivity index (χ1) is 35.0. The average molecular weight is 930 g/mol. The van der Waals surface area contributed by atoms with Crippen molar-refractivity contribution in [2.24, 2.45) is 0 Å². The van der Waals surface area contributed by atoms with Gasteiger partial charge in [-0.05, 0) is 123 Å². The van der Waals surface area contributed by atoms with Gasteiger partial charge in [0.1, 0.15) is 0 Å². The highest BCUT2D eigenvalue weighted by Gasteiger charge is 2.40. The van der Waals surface area contributed by atoms with Crippen molar-refractivity contribution in [3.8, 4) is 34.2 Å². The van der Waals surface area contributed by atoms with Gasteiger partial charge in [-0.25, -0.2) is 15.0 Å². The normalized spacial score (nSPS) is 15.6. The van der Waals surface area contributed by atoms with Crippen LogP contribution in [0.25, 0.3) is 34.2 Å². The summed E-state index contributed by atoms with van der Waals surface area (Å²) in [6, 6.07) is 79.3. The molecule has 0 unspecified atom stereocenters. The fourth-order valence-electron chi connectivity index (χ4n) is 12.3. The summed E-state index contributed by atoms with van der Waals surface area (Å²) in [5, 5.41) is 0. The number of fused-ring (bicyclic) bond motifs is 6. The molecule has 0 amide bonds. The van der Waals surface area contributed by atoms with Crippen molar-refractivity contribution in [2.45, 2.75) is 63.7 Å². The van der Waals surface area contributed by atoms with Crippen LogP contribution in [0.1, 0.15) is 97.5 Å². The second-order valence-corrected chi connectivity index (χ2v) is 21.2. The van der Waals surface area contributed by atoms with Crippen LogP contribution >= 0.6 is 0 Å². The third-order valence-electron chi connectivity index (χ3n) is 16.1. The maximum atomic E-state index is 5.28. The van der Waals surface area contributed by atoms with Crippen molar-refractivity contribution in [3.05, 3.63) is 268 Å². The van der Waals surface area contributed by atoms with E-state index in [1.54, 1.807) is 0 Å². The Kier molecular flexibility index (Phi) is 9.89. The number of hydrogen-bond donors (Lipinski definition) is 0. The van der Waals surface area contributed by atoms with Crippen LogP contribution < -0.4 is 9.80 Å². The molecule has 10 aromatic rings. The Morgan fingerprint density at radius 3 is 0.889 bits per heavy atom. The largest absolute Gasteiger partial charge is 0.310 e. The van der Waals surface area contributed by atoms with Crippen molar-refractivity contribution in [1.29, 1.82) is 0 Å². The number of rotatable bonds is 6. The van der Waals surface area contributed by atoms with Gasteiger partial charge in [0.2, 0.25) is 0 Å². The smallest absolute Gasteiger partial charge is 0.164 e. The highest BCUT2D eigenvalue weighted by atomic mass is 15.2. The lowest BCUT2D eigenvalue weighted by atomic mass is 9.64. The lowest BCUT2D eigenvalue weighted by Gasteiger charge is -2.42. The lowest BCUT2D eigenvalue weighted by molar-refractivity contribution is 0.597. The standard InChI is InChI=1S/C67H55N5/c1-65(2)51-21-9-7-19-49(51)61(50-20-8-10-22-52(50)65)43-31-33-44(34-32-43)62-68-63(45-35-39-47(40-36-45)71-57-27-15-11-23-53(57)66(3,4)54-24-12-16-28-58(54)71)70-64(69-62)46-37-41-48(42-38-46)72-59-29-17-13-25-55(59)67(5,6)56-26-14-18-30-60(56)72/h7-42,61H,1-6H3. The summed E-state index contributed by atoms with van der Waals surface area (Å²) in [7, 11) is 0. The van der Waals surface area contributed by atoms with Gasteiger partial charge in [0, 0.05) is 50.2 Å². The number of hydrogen-bond acceptors (Lipinski definition) is 5. The Labute approximate surface area is 423 Å². The second-order valence-electron chi connectivity index (χ2n) is 21.2. The van der Waals surface area contributed by atoms with E-state index >= 15 is 0 Å². The molecule has 72 heavy (non-hydrogen) atoms. The van der Waals surface area contributed by atoms with Crippen LogP contribution in [0.4, 0.5) is 34.1 Å². The summed E-state index contributed by atoms with van der Waals surface area (Å²) in [6.45, 7) is 14.0. The highest BCUT2D eigenvalue weighted by Crippen LogP contribution is 2.54. The Balaban J connectivity index is 0.912. The van der Waals surface area contributed by atoms with E-state index in [2.05, 4.69) is 270 Å². The monoisotopic (exact) mass is 929 g/mol. The van der Waals surface area contributed by atoms with Crippen molar-refractivity contribution < 1.29 is 0 Å². The molecule has 5 nitrogen and oxygen atoms in total. The minimum Gasteiger partial charge on any atom is -0.310 e. The van der Waals surface area contributed by atoms with Crippen molar-refractivity contribution in [3.63, 3.8) is 0 Å². The van der Waals surface area contributed by atoms with Crippen LogP contribution in [0.5, 0.6) is 0 Å². The minimum absolute atomic E-state index is 0.100. The molecule has 0 bridgehead atoms. The van der Waals surface area contributed by atoms with E-state index in [4.69, 9.17) is 15.0 Å². The van der Waals surface area contributed by atoms with Gasteiger partial charge in [0.25, 0.3) is 0 Å². The van der Waals surface area contributed by atoms with E-state index in [0.717, 1.165) is 28.1 Å². The Morgan fingerprint density at radius 1 is 0.292 bits per heavy atom. The minimum atomic E-state index is -0.139. The zero-order valence-electron chi connectivity index (χ0n) is 41.6. The van der Waals surface area contributed by atoms with Crippen molar-refractivity contribution >= 4 is 34.1 Å². The molecule has 1 aromatic heterocycles. The topological polar surface area (TPSA) is 45.2 Å². The quantitative estimate of drug-likeness (QED) is 0.166. The Morgan fingerprint density at radius 2 is 0.556 bits per heavy atom. The molecule has 3 aliphatic rings. The Bertz CT molecular complexity index is 3180. The van der Waals surface area contributed by atoms with E-state index < -0.39 is 0 Å². The predicted molar refractivity (Wildman–Crippen MR) is 296 cm³/mol. The molecule has 5 heteroatoms. The summed E-state index contributed by atoms with van der Waals surface area (Å²) in [5.41, 5.74) is 21.2. The molecule has 0 saturated carbocycles. The van der Waals surface area contributed by atoms with Crippen molar-refractivity contribution in [2.75, 3.05) is 9.80 Å². The first-order valence-corrected chi connectivity index (χ1v) is 25.2. The molecule has 13 rings (SSSR count). The molecule has 0 spiro atoms. The van der Waals surface area contributed by atoms with Gasteiger partial charge in [-0.3, -0.25) is 0 Å². The van der Waals surface area contributed by atoms with Gasteiger partial charge in [-0.15, -0.1) is 0 Å². The summed E-state index contributed by atoms with van der Waals surface area (Å²) in [4.78, 5) is 20.6. The zero-order chi connectivity index (χ0) is 48.9. The van der Waals surface area contributed by atoms with Gasteiger partial charge < -0.3 is 9.80 Å². The molecular weight excluding hydrogens is 875 g/mol. The molecule has 9 aromatic carbocycles. The van der Waals surface area contributed by atoms with Gasteiger partial charge in [0.05, 0.1) is 22.7 Å². The highest BCUT2D eigenvalue weighted by molar-refractivity contribution is 5.88. The van der Waals surface area contributed by atoms with E-state index in [9.17, 15) is 0 Å². The van der Waals surface area contributed by atoms with Crippen LogP contribution in [0.15, 0.2) is 218 Å². The van der Waals surface area contributed by atoms with Crippen LogP contribution in [-0.2, 0) is 16.2 Å². The third-order valence-corrected chi connectivity index (χ3v) is 16.1. The number of aromatic nitrogens is 3. The third kappa shape index (κ3) is 6.71. The van der Waals surface area contributed by atoms with E-state index in [-0.39, 0.29) is 22.2 Å². The summed E-state index contributed by atoms with van der Waals surface area (Å²) in [5.74, 6) is 1.97. The molecule has 3 heterocycles. The van der Waals surface area contributed by atoms with Crippen LogP contribution in [0.2, 0.25) is 0 Å². The Hall–Kier alpha value is -8.41. The van der Waals surface area contributed by atoms with Crippen LogP contribution in [-0.4, -0.2) is 15.0 Å². The van der Waals surface area contributed by atoms with Crippen LogP contribution in [0.3, 0.4) is 0 Å². The van der Waals surface area contributed by atoms with Gasteiger partial charge >= 0.3 is 0 Å². The summed E-state index contributed by atoms with van der Waals surface area (Å²) >= 11 is 0. The molecule has 0 saturated heterocycles.